The van der Waals surface area contributed by atoms with E-state index in [1.54, 1.807) is 50.2 Å². The van der Waals surface area contributed by atoms with E-state index < -0.39 is 0 Å². The largest absolute Gasteiger partial charge is 0.345 e. The lowest BCUT2D eigenvalue weighted by molar-refractivity contribution is 0.0829. The zero-order valence-electron chi connectivity index (χ0n) is 12.5. The quantitative estimate of drug-likeness (QED) is 0.730. The van der Waals surface area contributed by atoms with Gasteiger partial charge in [0.05, 0.1) is 22.8 Å². The predicted molar refractivity (Wildman–Crippen MR) is 81.9 cm³/mol. The van der Waals surface area contributed by atoms with Crippen molar-refractivity contribution in [3.05, 3.63) is 47.9 Å². The van der Waals surface area contributed by atoms with Crippen LogP contribution in [0.4, 0.5) is 4.39 Å². The molecule has 0 fully saturated rings. The normalized spacial score (nSPS) is 10.9. The maximum absolute atomic E-state index is 13.5. The van der Waals surface area contributed by atoms with Gasteiger partial charge in [-0.25, -0.2) is 9.37 Å². The van der Waals surface area contributed by atoms with E-state index in [2.05, 4.69) is 10.1 Å². The Hall–Kier alpha value is -2.76. The molecule has 0 atom stereocenters. The molecule has 5 nitrogen and oxygen atoms in total. The summed E-state index contributed by atoms with van der Waals surface area (Å²) in [7, 11) is 5.13. The molecule has 0 N–H and O–H groups in total. The Bertz CT molecular complexity index is 870. The fourth-order valence-corrected chi connectivity index (χ4v) is 2.33. The molecule has 0 spiro atoms. The summed E-state index contributed by atoms with van der Waals surface area (Å²) in [6, 6.07) is 7.83. The fourth-order valence-electron chi connectivity index (χ4n) is 2.33. The molecule has 0 unspecified atom stereocenters. The van der Waals surface area contributed by atoms with Gasteiger partial charge in [-0.1, -0.05) is 12.1 Å². The minimum absolute atomic E-state index is 0.141. The van der Waals surface area contributed by atoms with Crippen molar-refractivity contribution in [2.24, 2.45) is 7.05 Å². The first-order valence-corrected chi connectivity index (χ1v) is 6.77. The summed E-state index contributed by atoms with van der Waals surface area (Å²) in [6.45, 7) is 0. The van der Waals surface area contributed by atoms with Crippen molar-refractivity contribution in [2.75, 3.05) is 14.1 Å². The number of halogens is 1. The van der Waals surface area contributed by atoms with E-state index in [0.717, 1.165) is 0 Å². The molecular weight excluding hydrogens is 283 g/mol. The zero-order chi connectivity index (χ0) is 15.9. The van der Waals surface area contributed by atoms with E-state index in [4.69, 9.17) is 0 Å². The van der Waals surface area contributed by atoms with Crippen LogP contribution in [0.3, 0.4) is 0 Å². The van der Waals surface area contributed by atoms with Crippen molar-refractivity contribution < 1.29 is 9.18 Å². The van der Waals surface area contributed by atoms with E-state index in [1.165, 1.54) is 17.0 Å². The maximum Gasteiger partial charge on any atom is 0.254 e. The lowest BCUT2D eigenvalue weighted by atomic mass is 10.1. The Morgan fingerprint density at radius 1 is 1.27 bits per heavy atom. The number of aryl methyl sites for hydroxylation is 1. The van der Waals surface area contributed by atoms with Gasteiger partial charge < -0.3 is 4.90 Å². The fraction of sp³-hybridized carbons (Fsp3) is 0.188. The molecule has 1 aromatic carbocycles. The number of nitrogens with zero attached hydrogens (tertiary/aromatic N) is 4. The SMILES string of the molecule is CN(C)C(=O)c1cc(-c2cccc(F)c2)nc2c1cnn2C. The second kappa shape index (κ2) is 5.22. The number of aromatic nitrogens is 3. The first kappa shape index (κ1) is 14.2. The number of pyridine rings is 1. The van der Waals surface area contributed by atoms with Gasteiger partial charge in [0.2, 0.25) is 0 Å². The second-order valence-electron chi connectivity index (χ2n) is 5.27. The second-order valence-corrected chi connectivity index (χ2v) is 5.27. The van der Waals surface area contributed by atoms with Crippen LogP contribution in [0.5, 0.6) is 0 Å². The van der Waals surface area contributed by atoms with Crippen LogP contribution < -0.4 is 0 Å². The molecule has 0 saturated carbocycles. The van der Waals surface area contributed by atoms with E-state index >= 15 is 0 Å². The highest BCUT2D eigenvalue weighted by Crippen LogP contribution is 2.25. The summed E-state index contributed by atoms with van der Waals surface area (Å²) in [6.07, 6.45) is 1.62. The molecule has 0 aliphatic heterocycles. The van der Waals surface area contributed by atoms with Gasteiger partial charge in [0.15, 0.2) is 5.65 Å². The minimum Gasteiger partial charge on any atom is -0.345 e. The molecule has 2 heterocycles. The first-order valence-electron chi connectivity index (χ1n) is 6.77. The van der Waals surface area contributed by atoms with Crippen molar-refractivity contribution in [3.63, 3.8) is 0 Å². The number of fused-ring (bicyclic) bond motifs is 1. The van der Waals surface area contributed by atoms with E-state index in [-0.39, 0.29) is 11.7 Å². The highest BCUT2D eigenvalue weighted by molar-refractivity contribution is 6.06. The molecule has 22 heavy (non-hydrogen) atoms. The number of hydrogen-bond donors (Lipinski definition) is 0. The molecular formula is C16H15FN4O. The molecule has 2 aromatic heterocycles. The third kappa shape index (κ3) is 2.32. The Morgan fingerprint density at radius 2 is 2.05 bits per heavy atom. The van der Waals surface area contributed by atoms with Crippen molar-refractivity contribution in [3.8, 4) is 11.3 Å². The van der Waals surface area contributed by atoms with E-state index in [9.17, 15) is 9.18 Å². The van der Waals surface area contributed by atoms with Crippen LogP contribution in [0.1, 0.15) is 10.4 Å². The van der Waals surface area contributed by atoms with Crippen LogP contribution in [0.25, 0.3) is 22.3 Å². The lowest BCUT2D eigenvalue weighted by Gasteiger charge is -2.12. The van der Waals surface area contributed by atoms with Gasteiger partial charge in [0.25, 0.3) is 5.91 Å². The molecule has 1 amide bonds. The van der Waals surface area contributed by atoms with Crippen LogP contribution in [-0.2, 0) is 7.05 Å². The maximum atomic E-state index is 13.5. The van der Waals surface area contributed by atoms with E-state index in [1.807, 2.05) is 0 Å². The topological polar surface area (TPSA) is 51.0 Å². The highest BCUT2D eigenvalue weighted by atomic mass is 19.1. The minimum atomic E-state index is -0.343. The Balaban J connectivity index is 2.28. The number of benzene rings is 1. The van der Waals surface area contributed by atoms with Gasteiger partial charge in [-0.15, -0.1) is 0 Å². The number of carbonyl (C=O) groups excluding carboxylic acids is 1. The zero-order valence-corrected chi connectivity index (χ0v) is 12.5. The number of amides is 1. The van der Waals surface area contributed by atoms with Gasteiger partial charge in [-0.3, -0.25) is 9.48 Å². The molecule has 0 bridgehead atoms. The Kier molecular flexibility index (Phi) is 3.36. The van der Waals surface area contributed by atoms with Gasteiger partial charge >= 0.3 is 0 Å². The highest BCUT2D eigenvalue weighted by Gasteiger charge is 2.18. The first-order chi connectivity index (χ1) is 10.5. The molecule has 3 rings (SSSR count). The standard InChI is InChI=1S/C16H15FN4O/c1-20(2)16(22)12-8-14(10-5-4-6-11(17)7-10)19-15-13(12)9-18-21(15)3/h4-9H,1-3H3. The molecule has 0 aliphatic rings. The van der Waals surface area contributed by atoms with Gasteiger partial charge in [-0.05, 0) is 18.2 Å². The molecule has 3 aromatic rings. The Morgan fingerprint density at radius 3 is 2.73 bits per heavy atom. The van der Waals surface area contributed by atoms with Crippen molar-refractivity contribution in [2.45, 2.75) is 0 Å². The van der Waals surface area contributed by atoms with Crippen LogP contribution in [0.2, 0.25) is 0 Å². The number of rotatable bonds is 2. The number of carbonyl (C=O) groups is 1. The molecule has 6 heteroatoms. The number of hydrogen-bond acceptors (Lipinski definition) is 3. The van der Waals surface area contributed by atoms with Crippen LogP contribution in [0.15, 0.2) is 36.5 Å². The van der Waals surface area contributed by atoms with Crippen molar-refractivity contribution in [1.29, 1.82) is 0 Å². The average molecular weight is 298 g/mol. The summed E-state index contributed by atoms with van der Waals surface area (Å²) in [5.74, 6) is -0.483. The summed E-state index contributed by atoms with van der Waals surface area (Å²) in [4.78, 5) is 18.4. The monoisotopic (exact) mass is 298 g/mol. The molecule has 112 valence electrons. The lowest BCUT2D eigenvalue weighted by Crippen LogP contribution is -2.22. The van der Waals surface area contributed by atoms with Crippen LogP contribution in [-0.4, -0.2) is 39.7 Å². The van der Waals surface area contributed by atoms with E-state index in [0.29, 0.717) is 27.9 Å². The molecule has 0 radical (unpaired) electrons. The van der Waals surface area contributed by atoms with Gasteiger partial charge in [0.1, 0.15) is 5.82 Å². The summed E-state index contributed by atoms with van der Waals surface area (Å²) < 4.78 is 15.1. The summed E-state index contributed by atoms with van der Waals surface area (Å²) in [5.41, 5.74) is 2.26. The van der Waals surface area contributed by atoms with Crippen LogP contribution >= 0.6 is 0 Å². The third-order valence-corrected chi connectivity index (χ3v) is 3.46. The van der Waals surface area contributed by atoms with Crippen molar-refractivity contribution in [1.82, 2.24) is 19.7 Å². The Labute approximate surface area is 127 Å². The van der Waals surface area contributed by atoms with Gasteiger partial charge in [-0.2, -0.15) is 5.10 Å². The third-order valence-electron chi connectivity index (χ3n) is 3.46. The predicted octanol–water partition coefficient (Wildman–Crippen LogP) is 2.48. The summed E-state index contributed by atoms with van der Waals surface area (Å²) >= 11 is 0. The van der Waals surface area contributed by atoms with Gasteiger partial charge in [0, 0.05) is 26.7 Å². The smallest absolute Gasteiger partial charge is 0.254 e. The summed E-state index contributed by atoms with van der Waals surface area (Å²) in [5, 5.41) is 4.84. The molecule has 0 aliphatic carbocycles. The average Bonchev–Trinajstić information content (AvgIpc) is 2.87. The van der Waals surface area contributed by atoms with Crippen molar-refractivity contribution >= 4 is 16.9 Å². The van der Waals surface area contributed by atoms with Crippen LogP contribution in [0, 0.1) is 5.82 Å². The molecule has 0 saturated heterocycles.